The van der Waals surface area contributed by atoms with Crippen LogP contribution in [0.3, 0.4) is 0 Å². The third kappa shape index (κ3) is 4.60. The van der Waals surface area contributed by atoms with E-state index in [2.05, 4.69) is 17.2 Å². The third-order valence-electron chi connectivity index (χ3n) is 5.05. The van der Waals surface area contributed by atoms with E-state index in [1.807, 2.05) is 19.1 Å². The summed E-state index contributed by atoms with van der Waals surface area (Å²) in [5.41, 5.74) is 0.943. The molecule has 0 bridgehead atoms. The lowest BCUT2D eigenvalue weighted by molar-refractivity contribution is 0.187. The van der Waals surface area contributed by atoms with Crippen LogP contribution in [0.2, 0.25) is 10.0 Å². The topological polar surface area (TPSA) is 67.2 Å². The van der Waals surface area contributed by atoms with Crippen molar-refractivity contribution in [3.63, 3.8) is 0 Å². The number of aromatic nitrogens is 2. The molecule has 1 heterocycles. The Bertz CT molecular complexity index is 1130. The summed E-state index contributed by atoms with van der Waals surface area (Å²) in [5, 5.41) is 4.25. The number of nitrogens with zero attached hydrogens (tertiary/aromatic N) is 3. The molecule has 2 aromatic carbocycles. The molecule has 3 rings (SSSR count). The normalized spacial score (nSPS) is 12.0. The molecule has 1 unspecified atom stereocenters. The zero-order chi connectivity index (χ0) is 21.8. The van der Waals surface area contributed by atoms with Crippen LogP contribution in [-0.4, -0.2) is 27.0 Å². The fourth-order valence-corrected chi connectivity index (χ4v) is 3.78. The number of anilines is 1. The van der Waals surface area contributed by atoms with Crippen LogP contribution in [0.15, 0.2) is 47.3 Å². The second-order valence-corrected chi connectivity index (χ2v) is 7.97. The first-order chi connectivity index (χ1) is 14.3. The van der Waals surface area contributed by atoms with Crippen molar-refractivity contribution in [2.75, 3.05) is 11.9 Å². The van der Waals surface area contributed by atoms with E-state index < -0.39 is 6.04 Å². The van der Waals surface area contributed by atoms with Gasteiger partial charge >= 0.3 is 6.03 Å². The van der Waals surface area contributed by atoms with Crippen molar-refractivity contribution in [2.24, 2.45) is 7.05 Å². The maximum absolute atomic E-state index is 13.1. The Morgan fingerprint density at radius 2 is 1.97 bits per heavy atom. The van der Waals surface area contributed by atoms with Gasteiger partial charge in [0.05, 0.1) is 27.7 Å². The molecular weight excluding hydrogens is 423 g/mol. The van der Waals surface area contributed by atoms with Gasteiger partial charge in [-0.05, 0) is 43.7 Å². The summed E-state index contributed by atoms with van der Waals surface area (Å²) in [4.78, 5) is 32.3. The first-order valence-electron chi connectivity index (χ1n) is 9.81. The lowest BCUT2D eigenvalue weighted by Gasteiger charge is -2.30. The number of para-hydroxylation sites is 1. The average molecular weight is 447 g/mol. The fourth-order valence-electron chi connectivity index (χ4n) is 3.33. The van der Waals surface area contributed by atoms with Crippen LogP contribution in [0.5, 0.6) is 0 Å². The number of carbonyl (C=O) groups excluding carboxylic acids is 1. The summed E-state index contributed by atoms with van der Waals surface area (Å²) >= 11 is 12.2. The Morgan fingerprint density at radius 3 is 2.67 bits per heavy atom. The predicted octanol–water partition coefficient (Wildman–Crippen LogP) is 5.64. The van der Waals surface area contributed by atoms with Crippen LogP contribution in [0.25, 0.3) is 10.9 Å². The van der Waals surface area contributed by atoms with Crippen molar-refractivity contribution in [3.05, 3.63) is 68.7 Å². The highest BCUT2D eigenvalue weighted by atomic mass is 35.5. The molecule has 0 saturated carbocycles. The standard InChI is InChI=1S/C22H24Cl2N4O2/c1-4-5-12-28(22(30)26-19-11-10-15(23)13-17(19)24)14(2)20-25-18-9-7-6-8-16(18)21(29)27(20)3/h6-11,13-14H,4-5,12H2,1-3H3,(H,26,30). The molecule has 0 radical (unpaired) electrons. The van der Waals surface area contributed by atoms with E-state index >= 15 is 0 Å². The largest absolute Gasteiger partial charge is 0.322 e. The van der Waals surface area contributed by atoms with Crippen LogP contribution >= 0.6 is 23.2 Å². The number of benzene rings is 2. The van der Waals surface area contributed by atoms with Gasteiger partial charge in [0.2, 0.25) is 0 Å². The van der Waals surface area contributed by atoms with Crippen molar-refractivity contribution >= 4 is 45.8 Å². The Kier molecular flexibility index (Phi) is 7.00. The van der Waals surface area contributed by atoms with Gasteiger partial charge in [0.25, 0.3) is 5.56 Å². The van der Waals surface area contributed by atoms with E-state index in [4.69, 9.17) is 23.2 Å². The summed E-state index contributed by atoms with van der Waals surface area (Å²) in [6.07, 6.45) is 1.73. The average Bonchev–Trinajstić information content (AvgIpc) is 2.73. The highest BCUT2D eigenvalue weighted by Crippen LogP contribution is 2.27. The van der Waals surface area contributed by atoms with Gasteiger partial charge in [-0.1, -0.05) is 48.7 Å². The number of hydrogen-bond donors (Lipinski definition) is 1. The molecule has 1 atom stereocenters. The van der Waals surface area contributed by atoms with Gasteiger partial charge in [0.1, 0.15) is 5.82 Å². The van der Waals surface area contributed by atoms with Crippen LogP contribution in [0.4, 0.5) is 10.5 Å². The molecule has 0 aliphatic rings. The zero-order valence-electron chi connectivity index (χ0n) is 17.2. The van der Waals surface area contributed by atoms with Gasteiger partial charge in [0.15, 0.2) is 0 Å². The summed E-state index contributed by atoms with van der Waals surface area (Å²) in [5.74, 6) is 0.521. The highest BCUT2D eigenvalue weighted by Gasteiger charge is 2.25. The Morgan fingerprint density at radius 1 is 1.23 bits per heavy atom. The lowest BCUT2D eigenvalue weighted by Crippen LogP contribution is -2.40. The number of amides is 2. The number of urea groups is 1. The van der Waals surface area contributed by atoms with Crippen LogP contribution in [0, 0.1) is 0 Å². The van der Waals surface area contributed by atoms with E-state index in [1.54, 1.807) is 42.3 Å². The van der Waals surface area contributed by atoms with Crippen molar-refractivity contribution in [1.29, 1.82) is 0 Å². The van der Waals surface area contributed by atoms with Gasteiger partial charge < -0.3 is 10.2 Å². The molecule has 1 aromatic heterocycles. The van der Waals surface area contributed by atoms with Gasteiger partial charge in [-0.15, -0.1) is 0 Å². The second-order valence-electron chi connectivity index (χ2n) is 7.13. The molecule has 30 heavy (non-hydrogen) atoms. The molecule has 158 valence electrons. The van der Waals surface area contributed by atoms with Crippen molar-refractivity contribution in [1.82, 2.24) is 14.5 Å². The van der Waals surface area contributed by atoms with Gasteiger partial charge in [-0.2, -0.15) is 0 Å². The van der Waals surface area contributed by atoms with Gasteiger partial charge in [-0.3, -0.25) is 9.36 Å². The molecule has 0 spiro atoms. The van der Waals surface area contributed by atoms with E-state index in [0.29, 0.717) is 39.0 Å². The monoisotopic (exact) mass is 446 g/mol. The highest BCUT2D eigenvalue weighted by molar-refractivity contribution is 6.36. The van der Waals surface area contributed by atoms with Crippen molar-refractivity contribution in [2.45, 2.75) is 32.7 Å². The first-order valence-corrected chi connectivity index (χ1v) is 10.6. The first kappa shape index (κ1) is 22.1. The number of nitrogens with one attached hydrogen (secondary N) is 1. The minimum atomic E-state index is -0.426. The molecule has 6 nitrogen and oxygen atoms in total. The molecule has 1 N–H and O–H groups in total. The lowest BCUT2D eigenvalue weighted by atomic mass is 10.2. The second kappa shape index (κ2) is 9.49. The number of halogens is 2. The number of unbranched alkanes of at least 4 members (excludes halogenated alkanes) is 1. The van der Waals surface area contributed by atoms with Crippen LogP contribution in [-0.2, 0) is 7.05 Å². The molecule has 0 fully saturated rings. The van der Waals surface area contributed by atoms with Gasteiger partial charge in [-0.25, -0.2) is 9.78 Å². The maximum Gasteiger partial charge on any atom is 0.322 e. The third-order valence-corrected chi connectivity index (χ3v) is 5.59. The molecule has 0 saturated heterocycles. The van der Waals surface area contributed by atoms with E-state index in [-0.39, 0.29) is 11.6 Å². The molecule has 0 aliphatic heterocycles. The maximum atomic E-state index is 13.1. The minimum absolute atomic E-state index is 0.140. The quantitative estimate of drug-likeness (QED) is 0.532. The van der Waals surface area contributed by atoms with Crippen LogP contribution < -0.4 is 10.9 Å². The number of carbonyl (C=O) groups is 1. The number of fused-ring (bicyclic) bond motifs is 1. The molecule has 0 aliphatic carbocycles. The van der Waals surface area contributed by atoms with E-state index in [9.17, 15) is 9.59 Å². The summed E-state index contributed by atoms with van der Waals surface area (Å²) < 4.78 is 1.51. The summed E-state index contributed by atoms with van der Waals surface area (Å²) in [6, 6.07) is 11.4. The predicted molar refractivity (Wildman–Crippen MR) is 122 cm³/mol. The molecule has 2 amide bonds. The smallest absolute Gasteiger partial charge is 0.315 e. The number of hydrogen-bond acceptors (Lipinski definition) is 3. The molecule has 3 aromatic rings. The zero-order valence-corrected chi connectivity index (χ0v) is 18.7. The Hall–Kier alpha value is -2.57. The summed E-state index contributed by atoms with van der Waals surface area (Å²) in [6.45, 7) is 4.44. The van der Waals surface area contributed by atoms with Crippen molar-refractivity contribution < 1.29 is 4.79 Å². The minimum Gasteiger partial charge on any atom is -0.315 e. The van der Waals surface area contributed by atoms with E-state index in [1.165, 1.54) is 4.57 Å². The number of rotatable bonds is 6. The molecule has 8 heteroatoms. The van der Waals surface area contributed by atoms with E-state index in [0.717, 1.165) is 12.8 Å². The Labute approximate surface area is 185 Å². The summed E-state index contributed by atoms with van der Waals surface area (Å²) in [7, 11) is 1.68. The Balaban J connectivity index is 1.96. The van der Waals surface area contributed by atoms with Crippen LogP contribution in [0.1, 0.15) is 38.6 Å². The molecular formula is C22H24Cl2N4O2. The van der Waals surface area contributed by atoms with Gasteiger partial charge in [0, 0.05) is 18.6 Å². The van der Waals surface area contributed by atoms with Crippen molar-refractivity contribution in [3.8, 4) is 0 Å². The SMILES string of the molecule is CCCCN(C(=O)Nc1ccc(Cl)cc1Cl)C(C)c1nc2ccccc2c(=O)n1C. The fraction of sp³-hybridized carbons (Fsp3) is 0.318.